The molecule has 0 unspecified atom stereocenters. The average Bonchev–Trinajstić information content (AvgIpc) is 2.48. The van der Waals surface area contributed by atoms with E-state index >= 15 is 0 Å². The normalized spacial score (nSPS) is 10.9. The second-order valence-electron chi connectivity index (χ2n) is 5.35. The fraction of sp³-hybridized carbons (Fsp3) is 0.235. The second kappa shape index (κ2) is 5.77. The number of ether oxygens (including phenoxy) is 1. The van der Waals surface area contributed by atoms with E-state index in [1.807, 2.05) is 18.2 Å². The predicted molar refractivity (Wildman–Crippen MR) is 79.8 cm³/mol. The fourth-order valence-corrected chi connectivity index (χ4v) is 1.83. The van der Waals surface area contributed by atoms with Gasteiger partial charge in [0.1, 0.15) is 11.5 Å². The highest BCUT2D eigenvalue weighted by Crippen LogP contribution is 2.28. The maximum absolute atomic E-state index is 8.77. The smallest absolute Gasteiger partial charge is 0.127 e. The lowest BCUT2D eigenvalue weighted by molar-refractivity contribution is 0.476. The lowest BCUT2D eigenvalue weighted by Gasteiger charge is -2.23. The van der Waals surface area contributed by atoms with Crippen molar-refractivity contribution in [2.45, 2.75) is 19.3 Å². The standard InChI is InChI=1S/C17H18N2O/c1-17(2,12-19)14-4-3-5-16(10-14)20-15-8-6-13(11-18)7-9-15/h3-10H,12,19H2,1-2H3. The molecule has 0 aliphatic carbocycles. The summed E-state index contributed by atoms with van der Waals surface area (Å²) in [6.07, 6.45) is 0. The Morgan fingerprint density at radius 2 is 1.80 bits per heavy atom. The molecule has 0 atom stereocenters. The SMILES string of the molecule is CC(C)(CN)c1cccc(Oc2ccc(C#N)cc2)c1. The molecule has 0 radical (unpaired) electrons. The van der Waals surface area contributed by atoms with Gasteiger partial charge in [-0.25, -0.2) is 0 Å². The molecule has 2 aromatic rings. The fourth-order valence-electron chi connectivity index (χ4n) is 1.83. The molecule has 0 aliphatic heterocycles. The molecule has 0 bridgehead atoms. The van der Waals surface area contributed by atoms with Gasteiger partial charge in [-0.05, 0) is 42.0 Å². The number of benzene rings is 2. The number of nitriles is 1. The van der Waals surface area contributed by atoms with Crippen molar-refractivity contribution in [2.75, 3.05) is 6.54 Å². The van der Waals surface area contributed by atoms with Crippen LogP contribution in [0.1, 0.15) is 25.0 Å². The molecule has 0 fully saturated rings. The molecule has 0 spiro atoms. The van der Waals surface area contributed by atoms with Crippen LogP contribution in [0.25, 0.3) is 0 Å². The van der Waals surface area contributed by atoms with Gasteiger partial charge in [0.2, 0.25) is 0 Å². The van der Waals surface area contributed by atoms with Crippen LogP contribution in [0.4, 0.5) is 0 Å². The summed E-state index contributed by atoms with van der Waals surface area (Å²) in [6, 6.07) is 17.1. The van der Waals surface area contributed by atoms with Gasteiger partial charge in [-0.2, -0.15) is 5.26 Å². The molecular weight excluding hydrogens is 248 g/mol. The third-order valence-electron chi connectivity index (χ3n) is 3.34. The third-order valence-corrected chi connectivity index (χ3v) is 3.34. The molecule has 0 saturated carbocycles. The third kappa shape index (κ3) is 3.17. The molecule has 0 amide bonds. The quantitative estimate of drug-likeness (QED) is 0.920. The Bertz CT molecular complexity index is 624. The highest BCUT2D eigenvalue weighted by Gasteiger charge is 2.18. The Kier molecular flexibility index (Phi) is 4.07. The van der Waals surface area contributed by atoms with Crippen molar-refractivity contribution < 1.29 is 4.74 Å². The summed E-state index contributed by atoms with van der Waals surface area (Å²) in [5.74, 6) is 1.49. The van der Waals surface area contributed by atoms with Crippen molar-refractivity contribution in [3.8, 4) is 17.6 Å². The molecule has 2 rings (SSSR count). The first kappa shape index (κ1) is 14.1. The van der Waals surface area contributed by atoms with Crippen LogP contribution in [0, 0.1) is 11.3 Å². The summed E-state index contributed by atoms with van der Waals surface area (Å²) in [7, 11) is 0. The monoisotopic (exact) mass is 266 g/mol. The maximum atomic E-state index is 8.77. The average molecular weight is 266 g/mol. The minimum Gasteiger partial charge on any atom is -0.457 e. The van der Waals surface area contributed by atoms with Crippen LogP contribution in [0.5, 0.6) is 11.5 Å². The summed E-state index contributed by atoms with van der Waals surface area (Å²) in [5.41, 5.74) is 7.49. The van der Waals surface area contributed by atoms with Gasteiger partial charge in [-0.3, -0.25) is 0 Å². The van der Waals surface area contributed by atoms with Crippen LogP contribution >= 0.6 is 0 Å². The Morgan fingerprint density at radius 3 is 2.40 bits per heavy atom. The lowest BCUT2D eigenvalue weighted by Crippen LogP contribution is -2.27. The number of nitrogens with two attached hydrogens (primary N) is 1. The van der Waals surface area contributed by atoms with Crippen LogP contribution in [-0.2, 0) is 5.41 Å². The molecule has 0 saturated heterocycles. The molecular formula is C17H18N2O. The topological polar surface area (TPSA) is 59.0 Å². The zero-order chi connectivity index (χ0) is 14.6. The molecule has 2 aromatic carbocycles. The van der Waals surface area contributed by atoms with E-state index in [1.165, 1.54) is 0 Å². The van der Waals surface area contributed by atoms with Gasteiger partial charge in [-0.1, -0.05) is 26.0 Å². The Morgan fingerprint density at radius 1 is 1.10 bits per heavy atom. The predicted octanol–water partition coefficient (Wildman–Crippen LogP) is 3.59. The van der Waals surface area contributed by atoms with Crippen molar-refractivity contribution in [1.29, 1.82) is 5.26 Å². The maximum Gasteiger partial charge on any atom is 0.127 e. The molecule has 20 heavy (non-hydrogen) atoms. The Hall–Kier alpha value is -2.31. The molecule has 3 nitrogen and oxygen atoms in total. The van der Waals surface area contributed by atoms with Crippen LogP contribution in [0.15, 0.2) is 48.5 Å². The van der Waals surface area contributed by atoms with Crippen LogP contribution in [-0.4, -0.2) is 6.54 Å². The lowest BCUT2D eigenvalue weighted by atomic mass is 9.85. The van der Waals surface area contributed by atoms with Crippen molar-refractivity contribution >= 4 is 0 Å². The van der Waals surface area contributed by atoms with Gasteiger partial charge in [0.25, 0.3) is 0 Å². The summed E-state index contributed by atoms with van der Waals surface area (Å²) >= 11 is 0. The van der Waals surface area contributed by atoms with E-state index < -0.39 is 0 Å². The highest BCUT2D eigenvalue weighted by atomic mass is 16.5. The zero-order valence-electron chi connectivity index (χ0n) is 11.8. The van der Waals surface area contributed by atoms with Crippen LogP contribution in [0.2, 0.25) is 0 Å². The molecule has 2 N–H and O–H groups in total. The summed E-state index contributed by atoms with van der Waals surface area (Å²) < 4.78 is 5.81. The second-order valence-corrected chi connectivity index (χ2v) is 5.35. The Labute approximate surface area is 119 Å². The number of hydrogen-bond donors (Lipinski definition) is 1. The molecule has 102 valence electrons. The minimum absolute atomic E-state index is 0.0793. The van der Waals surface area contributed by atoms with Gasteiger partial charge < -0.3 is 10.5 Å². The zero-order valence-corrected chi connectivity index (χ0v) is 11.8. The summed E-state index contributed by atoms with van der Waals surface area (Å²) in [6.45, 7) is 4.79. The molecule has 0 heterocycles. The van der Waals surface area contributed by atoms with E-state index in [1.54, 1.807) is 24.3 Å². The van der Waals surface area contributed by atoms with Gasteiger partial charge in [0.15, 0.2) is 0 Å². The minimum atomic E-state index is -0.0793. The molecule has 3 heteroatoms. The van der Waals surface area contributed by atoms with E-state index in [0.717, 1.165) is 11.3 Å². The molecule has 0 aliphatic rings. The van der Waals surface area contributed by atoms with E-state index in [-0.39, 0.29) is 5.41 Å². The van der Waals surface area contributed by atoms with Crippen molar-refractivity contribution in [3.63, 3.8) is 0 Å². The van der Waals surface area contributed by atoms with Gasteiger partial charge in [0.05, 0.1) is 11.6 Å². The first-order valence-corrected chi connectivity index (χ1v) is 6.54. The van der Waals surface area contributed by atoms with Crippen molar-refractivity contribution in [1.82, 2.24) is 0 Å². The summed E-state index contributed by atoms with van der Waals surface area (Å²) in [4.78, 5) is 0. The van der Waals surface area contributed by atoms with E-state index in [9.17, 15) is 0 Å². The van der Waals surface area contributed by atoms with Crippen molar-refractivity contribution in [3.05, 3.63) is 59.7 Å². The van der Waals surface area contributed by atoms with E-state index in [2.05, 4.69) is 26.0 Å². The van der Waals surface area contributed by atoms with E-state index in [4.69, 9.17) is 15.7 Å². The van der Waals surface area contributed by atoms with Gasteiger partial charge in [-0.15, -0.1) is 0 Å². The highest BCUT2D eigenvalue weighted by molar-refractivity contribution is 5.39. The largest absolute Gasteiger partial charge is 0.457 e. The van der Waals surface area contributed by atoms with Crippen LogP contribution in [0.3, 0.4) is 0 Å². The van der Waals surface area contributed by atoms with Gasteiger partial charge >= 0.3 is 0 Å². The molecule has 0 aromatic heterocycles. The van der Waals surface area contributed by atoms with Crippen LogP contribution < -0.4 is 10.5 Å². The van der Waals surface area contributed by atoms with Crippen molar-refractivity contribution in [2.24, 2.45) is 5.73 Å². The number of hydrogen-bond acceptors (Lipinski definition) is 3. The Balaban J connectivity index is 2.21. The van der Waals surface area contributed by atoms with E-state index in [0.29, 0.717) is 17.9 Å². The van der Waals surface area contributed by atoms with Gasteiger partial charge in [0, 0.05) is 12.0 Å². The first-order chi connectivity index (χ1) is 9.55. The number of rotatable bonds is 4. The first-order valence-electron chi connectivity index (χ1n) is 6.54. The number of nitrogens with zero attached hydrogens (tertiary/aromatic N) is 1. The summed E-state index contributed by atoms with van der Waals surface area (Å²) in [5, 5.41) is 8.77.